The zero-order valence-electron chi connectivity index (χ0n) is 38.2. The molecule has 0 spiro atoms. The summed E-state index contributed by atoms with van der Waals surface area (Å²) in [5.41, 5.74) is 18.9. The van der Waals surface area contributed by atoms with Crippen LogP contribution in [0.2, 0.25) is 0 Å². The molecule has 2 nitrogen and oxygen atoms in total. The minimum Gasteiger partial charge on any atom is -0.315 e. The van der Waals surface area contributed by atoms with E-state index in [1.165, 1.54) is 88.7 Å². The predicted molar refractivity (Wildman–Crippen MR) is 291 cm³/mol. The van der Waals surface area contributed by atoms with Crippen LogP contribution in [0.3, 0.4) is 0 Å². The van der Waals surface area contributed by atoms with Crippen LogP contribution in [-0.2, 0) is 6.42 Å². The van der Waals surface area contributed by atoms with Crippen LogP contribution in [0.25, 0.3) is 56.5 Å². The lowest BCUT2D eigenvalue weighted by molar-refractivity contribution is 0.763. The molecule has 0 saturated heterocycles. The zero-order valence-corrected chi connectivity index (χ0v) is 38.2. The van der Waals surface area contributed by atoms with Crippen molar-refractivity contribution in [2.45, 2.75) is 32.1 Å². The maximum Gasteiger partial charge on any atom is 0.0468 e. The number of aryl methyl sites for hydroxylation is 1. The summed E-state index contributed by atoms with van der Waals surface area (Å²) in [4.78, 5) is 4.87. The van der Waals surface area contributed by atoms with Crippen LogP contribution in [0.5, 0.6) is 0 Å². The zero-order chi connectivity index (χ0) is 45.2. The highest BCUT2D eigenvalue weighted by Gasteiger charge is 2.24. The van der Waals surface area contributed by atoms with E-state index in [0.717, 1.165) is 49.2 Å². The van der Waals surface area contributed by atoms with Gasteiger partial charge in [0.2, 0.25) is 0 Å². The quantitative estimate of drug-likeness (QED) is 0.126. The van der Waals surface area contributed by atoms with Crippen molar-refractivity contribution in [1.82, 2.24) is 0 Å². The monoisotopic (exact) mass is 872 g/mol. The largest absolute Gasteiger partial charge is 0.315 e. The van der Waals surface area contributed by atoms with Gasteiger partial charge in [-0.2, -0.15) is 0 Å². The maximum atomic E-state index is 2.51. The maximum absolute atomic E-state index is 2.51. The summed E-state index contributed by atoms with van der Waals surface area (Å²) in [7, 11) is 0. The average molecular weight is 873 g/mol. The van der Waals surface area contributed by atoms with E-state index in [0.29, 0.717) is 5.92 Å². The van der Waals surface area contributed by atoms with Gasteiger partial charge in [0.25, 0.3) is 0 Å². The third-order valence-corrected chi connectivity index (χ3v) is 14.1. The fraction of sp³-hybridized carbons (Fsp3) is 0.0909. The summed E-state index contributed by atoms with van der Waals surface area (Å²) in [6, 6.07) is 64.6. The van der Waals surface area contributed by atoms with Crippen molar-refractivity contribution < 1.29 is 0 Å². The molecule has 68 heavy (non-hydrogen) atoms. The number of rotatable bonds is 10. The summed E-state index contributed by atoms with van der Waals surface area (Å²) in [6.07, 6.45) is 32.8. The number of fused-ring (bicyclic) bond motifs is 4. The van der Waals surface area contributed by atoms with Crippen LogP contribution in [0, 0.1) is 5.92 Å². The standard InChI is InChI=1S/C66H52N2/c1-5-13-57-43-63(39-31-49(57)9-1)67(64-40-32-50-10-2-6-14-58(50)44-64)61-35-27-55(28-36-61)53-23-19-47(20-24-53)17-18-48-21-25-54(26-22-48)56-29-37-62(38-30-56)68(65-41-33-51-11-3-7-15-59(51)45-65)66-42-34-52-12-4-8-16-60(52)46-66/h1-3,5-11,13-29,31-32,34-37,39-46,51H,4,12,30,33,38H2/b18-17+. The van der Waals surface area contributed by atoms with E-state index >= 15 is 0 Å². The molecule has 0 fully saturated rings. The van der Waals surface area contributed by atoms with Crippen LogP contribution >= 0.6 is 0 Å². The van der Waals surface area contributed by atoms with E-state index in [1.807, 2.05) is 0 Å². The van der Waals surface area contributed by atoms with Gasteiger partial charge in [-0.25, -0.2) is 0 Å². The Hall–Kier alpha value is -8.20. The van der Waals surface area contributed by atoms with E-state index in [1.54, 1.807) is 0 Å². The van der Waals surface area contributed by atoms with Crippen LogP contribution < -0.4 is 9.80 Å². The van der Waals surface area contributed by atoms with Crippen LogP contribution in [0.1, 0.15) is 53.5 Å². The Labute approximate surface area is 400 Å². The van der Waals surface area contributed by atoms with Crippen LogP contribution in [0.15, 0.2) is 248 Å². The Bertz CT molecular complexity index is 3380. The minimum atomic E-state index is 0.472. The third-order valence-electron chi connectivity index (χ3n) is 14.1. The van der Waals surface area contributed by atoms with Crippen molar-refractivity contribution in [3.05, 3.63) is 275 Å². The van der Waals surface area contributed by atoms with Crippen molar-refractivity contribution in [3.63, 3.8) is 0 Å². The van der Waals surface area contributed by atoms with E-state index in [4.69, 9.17) is 0 Å². The molecule has 0 radical (unpaired) electrons. The predicted octanol–water partition coefficient (Wildman–Crippen LogP) is 17.8. The number of hydrogen-bond donors (Lipinski definition) is 0. The topological polar surface area (TPSA) is 6.48 Å². The fourth-order valence-corrected chi connectivity index (χ4v) is 10.4. The molecule has 0 amide bonds. The molecule has 4 aliphatic carbocycles. The fourth-order valence-electron chi connectivity index (χ4n) is 10.4. The molecule has 0 aliphatic heterocycles. The molecule has 2 heteroatoms. The van der Waals surface area contributed by atoms with Gasteiger partial charge in [-0.05, 0) is 164 Å². The number of hydrogen-bond acceptors (Lipinski definition) is 2. The van der Waals surface area contributed by atoms with Gasteiger partial charge in [-0.15, -0.1) is 0 Å². The van der Waals surface area contributed by atoms with Crippen molar-refractivity contribution in [2.24, 2.45) is 5.92 Å². The molecular formula is C66H52N2. The normalized spacial score (nSPS) is 16.2. The SMILES string of the molecule is C1=CC2=CC(N(C3=CC=C(c4ccc(/C=C/c5ccc(-c6ccc(N(c7ccc8ccccc8c7)c7ccc8ccccc8c7)cc6)cc5)cc4)CC3)c3ccc4c(c3)C=CCC4)=CCC2C=C1. The first-order valence-corrected chi connectivity index (χ1v) is 24.2. The van der Waals surface area contributed by atoms with Crippen molar-refractivity contribution in [2.75, 3.05) is 9.80 Å². The molecule has 1 unspecified atom stereocenters. The molecule has 0 heterocycles. The Kier molecular flexibility index (Phi) is 11.1. The van der Waals surface area contributed by atoms with Gasteiger partial charge < -0.3 is 9.80 Å². The second-order valence-electron chi connectivity index (χ2n) is 18.4. The molecular weight excluding hydrogens is 821 g/mol. The molecule has 12 rings (SSSR count). The highest BCUT2D eigenvalue weighted by Crippen LogP contribution is 2.41. The summed E-state index contributed by atoms with van der Waals surface area (Å²) < 4.78 is 0. The third kappa shape index (κ3) is 8.42. The van der Waals surface area contributed by atoms with E-state index in [2.05, 4.69) is 259 Å². The Morgan fingerprint density at radius 1 is 0.471 bits per heavy atom. The molecule has 8 aromatic rings. The minimum absolute atomic E-state index is 0.472. The van der Waals surface area contributed by atoms with Gasteiger partial charge >= 0.3 is 0 Å². The van der Waals surface area contributed by atoms with Gasteiger partial charge in [-0.3, -0.25) is 0 Å². The lowest BCUT2D eigenvalue weighted by atomic mass is 9.86. The van der Waals surface area contributed by atoms with Crippen molar-refractivity contribution in [3.8, 4) is 11.1 Å². The highest BCUT2D eigenvalue weighted by molar-refractivity contribution is 5.93. The summed E-state index contributed by atoms with van der Waals surface area (Å²) in [6.45, 7) is 0. The number of benzene rings is 8. The lowest BCUT2D eigenvalue weighted by Crippen LogP contribution is -2.24. The lowest BCUT2D eigenvalue weighted by Gasteiger charge is -2.34. The Balaban J connectivity index is 0.745. The summed E-state index contributed by atoms with van der Waals surface area (Å²) >= 11 is 0. The molecule has 0 bridgehead atoms. The molecule has 0 N–H and O–H groups in total. The van der Waals surface area contributed by atoms with Gasteiger partial charge in [0.15, 0.2) is 0 Å². The van der Waals surface area contributed by atoms with E-state index in [9.17, 15) is 0 Å². The van der Waals surface area contributed by atoms with Crippen molar-refractivity contribution in [1.29, 1.82) is 0 Å². The van der Waals surface area contributed by atoms with Gasteiger partial charge in [0, 0.05) is 40.1 Å². The molecule has 0 saturated carbocycles. The Morgan fingerprint density at radius 3 is 1.74 bits per heavy atom. The smallest absolute Gasteiger partial charge is 0.0468 e. The second-order valence-corrected chi connectivity index (χ2v) is 18.4. The first-order chi connectivity index (χ1) is 33.6. The van der Waals surface area contributed by atoms with Gasteiger partial charge in [0.1, 0.15) is 0 Å². The summed E-state index contributed by atoms with van der Waals surface area (Å²) in [5.74, 6) is 0.472. The van der Waals surface area contributed by atoms with E-state index < -0.39 is 0 Å². The first-order valence-electron chi connectivity index (χ1n) is 24.2. The van der Waals surface area contributed by atoms with Crippen LogP contribution in [-0.4, -0.2) is 0 Å². The van der Waals surface area contributed by atoms with Gasteiger partial charge in [0.05, 0.1) is 0 Å². The highest BCUT2D eigenvalue weighted by atomic mass is 15.2. The molecule has 326 valence electrons. The van der Waals surface area contributed by atoms with Gasteiger partial charge in [-0.1, -0.05) is 188 Å². The molecule has 1 atom stereocenters. The number of anilines is 4. The van der Waals surface area contributed by atoms with Crippen molar-refractivity contribution >= 4 is 68.1 Å². The van der Waals surface area contributed by atoms with E-state index in [-0.39, 0.29) is 0 Å². The van der Waals surface area contributed by atoms with Crippen LogP contribution in [0.4, 0.5) is 22.7 Å². The molecule has 4 aliphatic rings. The molecule has 8 aromatic carbocycles. The summed E-state index contributed by atoms with van der Waals surface area (Å²) in [5, 5.41) is 4.93. The molecule has 0 aromatic heterocycles. The number of nitrogens with zero attached hydrogens (tertiary/aromatic N) is 2. The second kappa shape index (κ2) is 18.2. The first kappa shape index (κ1) is 41.2. The number of allylic oxidation sites excluding steroid dienone is 12. The Morgan fingerprint density at radius 2 is 1.07 bits per heavy atom. The average Bonchev–Trinajstić information content (AvgIpc) is 3.41.